The van der Waals surface area contributed by atoms with Crippen molar-refractivity contribution >= 4 is 17.4 Å². The van der Waals surface area contributed by atoms with Crippen LogP contribution in [0, 0.1) is 17.0 Å². The first-order valence-corrected chi connectivity index (χ1v) is 7.43. The fraction of sp³-hybridized carbons (Fsp3) is 0.375. The Morgan fingerprint density at radius 2 is 2.05 bits per heavy atom. The molecule has 0 aliphatic heterocycles. The molecule has 114 valence electrons. The second kappa shape index (κ2) is 5.71. The molecule has 1 aliphatic carbocycles. The number of rotatable bonds is 2. The van der Waals surface area contributed by atoms with Crippen LogP contribution < -0.4 is 5.56 Å². The fourth-order valence-electron chi connectivity index (χ4n) is 2.86. The third-order valence-corrected chi connectivity index (χ3v) is 4.01. The van der Waals surface area contributed by atoms with Gasteiger partial charge in [-0.05, 0) is 56.4 Å². The lowest BCUT2D eigenvalue weighted by Crippen LogP contribution is -2.20. The SMILES string of the molecule is Cc1ccn2c(=O)c([N+](=O)[O-])c(C=C3CCCCC3)nc2c1. The summed E-state index contributed by atoms with van der Waals surface area (Å²) in [5.74, 6) is 0. The molecule has 0 amide bonds. The van der Waals surface area contributed by atoms with Crippen LogP contribution in [0.3, 0.4) is 0 Å². The van der Waals surface area contributed by atoms with Crippen molar-refractivity contribution in [2.45, 2.75) is 39.0 Å². The molecule has 2 aromatic rings. The number of hydrogen-bond donors (Lipinski definition) is 0. The van der Waals surface area contributed by atoms with Gasteiger partial charge in [0, 0.05) is 6.20 Å². The van der Waals surface area contributed by atoms with Gasteiger partial charge in [-0.1, -0.05) is 12.0 Å². The Hall–Kier alpha value is -2.50. The van der Waals surface area contributed by atoms with E-state index in [-0.39, 0.29) is 5.69 Å². The van der Waals surface area contributed by atoms with Gasteiger partial charge in [-0.2, -0.15) is 0 Å². The summed E-state index contributed by atoms with van der Waals surface area (Å²) in [6.45, 7) is 1.90. The highest BCUT2D eigenvalue weighted by Gasteiger charge is 2.22. The molecule has 0 spiro atoms. The van der Waals surface area contributed by atoms with Crippen molar-refractivity contribution in [1.29, 1.82) is 0 Å². The number of allylic oxidation sites excluding steroid dienone is 1. The van der Waals surface area contributed by atoms with Crippen LogP contribution in [-0.2, 0) is 0 Å². The third kappa shape index (κ3) is 2.64. The molecule has 1 fully saturated rings. The van der Waals surface area contributed by atoms with Crippen LogP contribution in [0.4, 0.5) is 5.69 Å². The maximum Gasteiger partial charge on any atom is 0.359 e. The zero-order chi connectivity index (χ0) is 15.7. The minimum atomic E-state index is -0.628. The first kappa shape index (κ1) is 14.4. The zero-order valence-corrected chi connectivity index (χ0v) is 12.4. The van der Waals surface area contributed by atoms with Crippen LogP contribution in [0.25, 0.3) is 11.7 Å². The van der Waals surface area contributed by atoms with E-state index in [1.807, 2.05) is 6.92 Å². The largest absolute Gasteiger partial charge is 0.359 e. The normalized spacial score (nSPS) is 15.0. The number of fused-ring (bicyclic) bond motifs is 1. The van der Waals surface area contributed by atoms with Gasteiger partial charge in [0.05, 0.1) is 4.92 Å². The van der Waals surface area contributed by atoms with Crippen LogP contribution in [-0.4, -0.2) is 14.3 Å². The number of aromatic nitrogens is 2. The fourth-order valence-corrected chi connectivity index (χ4v) is 2.86. The van der Waals surface area contributed by atoms with Crippen LogP contribution >= 0.6 is 0 Å². The molecular formula is C16H17N3O3. The summed E-state index contributed by atoms with van der Waals surface area (Å²) in [5, 5.41) is 11.3. The van der Waals surface area contributed by atoms with E-state index in [2.05, 4.69) is 4.98 Å². The Balaban J connectivity index is 2.24. The Bertz CT molecular complexity index is 828. The van der Waals surface area contributed by atoms with Crippen LogP contribution in [0.5, 0.6) is 0 Å². The summed E-state index contributed by atoms with van der Waals surface area (Å²) in [6, 6.07) is 3.49. The van der Waals surface area contributed by atoms with Gasteiger partial charge in [0.1, 0.15) is 11.3 Å². The molecule has 6 nitrogen and oxygen atoms in total. The summed E-state index contributed by atoms with van der Waals surface area (Å²) in [4.78, 5) is 27.4. The molecule has 0 atom stereocenters. The number of nitro groups is 1. The first-order valence-electron chi connectivity index (χ1n) is 7.43. The summed E-state index contributed by atoms with van der Waals surface area (Å²) in [7, 11) is 0. The van der Waals surface area contributed by atoms with Crippen molar-refractivity contribution in [3.8, 4) is 0 Å². The Kier molecular flexibility index (Phi) is 3.75. The molecule has 0 bridgehead atoms. The smallest absolute Gasteiger partial charge is 0.262 e. The molecule has 0 saturated heterocycles. The van der Waals surface area contributed by atoms with Crippen molar-refractivity contribution in [1.82, 2.24) is 9.38 Å². The van der Waals surface area contributed by atoms with E-state index in [1.165, 1.54) is 17.0 Å². The topological polar surface area (TPSA) is 77.5 Å². The highest BCUT2D eigenvalue weighted by atomic mass is 16.6. The molecule has 1 saturated carbocycles. The van der Waals surface area contributed by atoms with Crippen molar-refractivity contribution in [3.05, 3.63) is 55.6 Å². The molecular weight excluding hydrogens is 282 g/mol. The number of hydrogen-bond acceptors (Lipinski definition) is 4. The van der Waals surface area contributed by atoms with Crippen LogP contribution in [0.2, 0.25) is 0 Å². The summed E-state index contributed by atoms with van der Waals surface area (Å²) >= 11 is 0. The molecule has 0 N–H and O–H groups in total. The first-order chi connectivity index (χ1) is 10.6. The summed E-state index contributed by atoms with van der Waals surface area (Å²) < 4.78 is 1.23. The Morgan fingerprint density at radius 3 is 2.73 bits per heavy atom. The number of aryl methyl sites for hydroxylation is 1. The number of nitrogens with zero attached hydrogens (tertiary/aromatic N) is 3. The lowest BCUT2D eigenvalue weighted by molar-refractivity contribution is -0.386. The van der Waals surface area contributed by atoms with Gasteiger partial charge in [0.15, 0.2) is 0 Å². The highest BCUT2D eigenvalue weighted by Crippen LogP contribution is 2.26. The molecule has 0 unspecified atom stereocenters. The molecule has 22 heavy (non-hydrogen) atoms. The molecule has 0 aromatic carbocycles. The van der Waals surface area contributed by atoms with Crippen LogP contribution in [0.15, 0.2) is 28.7 Å². The minimum absolute atomic E-state index is 0.178. The Morgan fingerprint density at radius 1 is 1.32 bits per heavy atom. The molecule has 2 heterocycles. The van der Waals surface area contributed by atoms with E-state index in [9.17, 15) is 14.9 Å². The lowest BCUT2D eigenvalue weighted by Gasteiger charge is -2.13. The minimum Gasteiger partial charge on any atom is -0.262 e. The third-order valence-electron chi connectivity index (χ3n) is 4.01. The van der Waals surface area contributed by atoms with E-state index in [1.54, 1.807) is 18.2 Å². The van der Waals surface area contributed by atoms with E-state index < -0.39 is 16.2 Å². The number of pyridine rings is 1. The average molecular weight is 299 g/mol. The highest BCUT2D eigenvalue weighted by molar-refractivity contribution is 5.62. The monoisotopic (exact) mass is 299 g/mol. The maximum absolute atomic E-state index is 12.4. The van der Waals surface area contributed by atoms with Gasteiger partial charge < -0.3 is 0 Å². The summed E-state index contributed by atoms with van der Waals surface area (Å²) in [6.07, 6.45) is 8.48. The Labute approximate surface area is 127 Å². The van der Waals surface area contributed by atoms with Gasteiger partial charge in [-0.25, -0.2) is 4.98 Å². The van der Waals surface area contributed by atoms with E-state index >= 15 is 0 Å². The summed E-state index contributed by atoms with van der Waals surface area (Å²) in [5.41, 5.74) is 1.64. The molecule has 0 radical (unpaired) electrons. The predicted octanol–water partition coefficient (Wildman–Crippen LogP) is 3.26. The second-order valence-corrected chi connectivity index (χ2v) is 5.70. The van der Waals surface area contributed by atoms with Crippen molar-refractivity contribution in [3.63, 3.8) is 0 Å². The molecule has 2 aromatic heterocycles. The van der Waals surface area contributed by atoms with Crippen LogP contribution in [0.1, 0.15) is 43.4 Å². The maximum atomic E-state index is 12.4. The van der Waals surface area contributed by atoms with E-state index in [0.717, 1.165) is 36.8 Å². The van der Waals surface area contributed by atoms with Gasteiger partial charge in [0.2, 0.25) is 0 Å². The van der Waals surface area contributed by atoms with Gasteiger partial charge in [0.25, 0.3) is 0 Å². The molecule has 1 aliphatic rings. The van der Waals surface area contributed by atoms with E-state index in [4.69, 9.17) is 0 Å². The molecule has 6 heteroatoms. The second-order valence-electron chi connectivity index (χ2n) is 5.70. The van der Waals surface area contributed by atoms with Gasteiger partial charge >= 0.3 is 11.2 Å². The van der Waals surface area contributed by atoms with Gasteiger partial charge in [-0.15, -0.1) is 0 Å². The zero-order valence-electron chi connectivity index (χ0n) is 12.4. The standard InChI is InChI=1S/C16H17N3O3/c1-11-7-8-18-14(9-11)17-13(15(16(18)20)19(21)22)10-12-5-3-2-4-6-12/h7-10H,2-6H2,1H3. The average Bonchev–Trinajstić information content (AvgIpc) is 2.47. The van der Waals surface area contributed by atoms with Crippen molar-refractivity contribution in [2.75, 3.05) is 0 Å². The van der Waals surface area contributed by atoms with Crippen molar-refractivity contribution < 1.29 is 4.92 Å². The molecule has 3 rings (SSSR count). The quantitative estimate of drug-likeness (QED) is 0.630. The predicted molar refractivity (Wildman–Crippen MR) is 83.9 cm³/mol. The lowest BCUT2D eigenvalue weighted by atomic mass is 9.94. The van der Waals surface area contributed by atoms with Crippen molar-refractivity contribution in [2.24, 2.45) is 0 Å². The van der Waals surface area contributed by atoms with E-state index in [0.29, 0.717) is 5.65 Å². The van der Waals surface area contributed by atoms with Gasteiger partial charge in [-0.3, -0.25) is 19.3 Å².